The van der Waals surface area contributed by atoms with Gasteiger partial charge in [0.2, 0.25) is 0 Å². The second-order valence-corrected chi connectivity index (χ2v) is 7.77. The van der Waals surface area contributed by atoms with Gasteiger partial charge >= 0.3 is 0 Å². The van der Waals surface area contributed by atoms with Crippen LogP contribution >= 0.6 is 11.8 Å². The first-order valence-electron chi connectivity index (χ1n) is 9.87. The first kappa shape index (κ1) is 20.6. The van der Waals surface area contributed by atoms with Crippen LogP contribution in [0.2, 0.25) is 0 Å². The van der Waals surface area contributed by atoms with Gasteiger partial charge in [-0.15, -0.1) is 11.8 Å². The highest BCUT2D eigenvalue weighted by Crippen LogP contribution is 2.21. The Kier molecular flexibility index (Phi) is 6.59. The summed E-state index contributed by atoms with van der Waals surface area (Å²) in [6, 6.07) is 27.4. The Morgan fingerprint density at radius 2 is 1.65 bits per heavy atom. The lowest BCUT2D eigenvalue weighted by Gasteiger charge is -2.09. The SMILES string of the molecule is CSc1ccc(CNC(=O)c2ccc(Nc3cc(-c4ccccc4)ncn3)cc2)cc1. The van der Waals surface area contributed by atoms with Crippen LogP contribution in [0.15, 0.2) is 96.2 Å². The second kappa shape index (κ2) is 9.91. The van der Waals surface area contributed by atoms with E-state index in [1.54, 1.807) is 23.9 Å². The molecule has 1 amide bonds. The van der Waals surface area contributed by atoms with Crippen molar-refractivity contribution in [1.82, 2.24) is 15.3 Å². The molecular weight excluding hydrogens is 404 g/mol. The highest BCUT2D eigenvalue weighted by Gasteiger charge is 2.07. The molecule has 0 atom stereocenters. The van der Waals surface area contributed by atoms with Crippen LogP contribution in [-0.2, 0) is 6.54 Å². The Bertz CT molecular complexity index is 1150. The van der Waals surface area contributed by atoms with E-state index in [1.165, 1.54) is 11.2 Å². The molecule has 5 nitrogen and oxygen atoms in total. The molecule has 0 spiro atoms. The van der Waals surface area contributed by atoms with Crippen molar-refractivity contribution in [2.45, 2.75) is 11.4 Å². The van der Waals surface area contributed by atoms with E-state index in [0.717, 1.165) is 22.5 Å². The van der Waals surface area contributed by atoms with Gasteiger partial charge in [-0.2, -0.15) is 0 Å². The number of nitrogens with one attached hydrogen (secondary N) is 2. The molecule has 0 saturated carbocycles. The van der Waals surface area contributed by atoms with E-state index in [2.05, 4.69) is 32.7 Å². The molecule has 4 rings (SSSR count). The molecule has 154 valence electrons. The molecule has 0 aliphatic carbocycles. The summed E-state index contributed by atoms with van der Waals surface area (Å²) < 4.78 is 0. The normalized spacial score (nSPS) is 10.5. The van der Waals surface area contributed by atoms with E-state index in [4.69, 9.17) is 0 Å². The number of amides is 1. The minimum absolute atomic E-state index is 0.103. The van der Waals surface area contributed by atoms with E-state index in [1.807, 2.05) is 66.9 Å². The molecule has 6 heteroatoms. The molecular formula is C25H22N4OS. The van der Waals surface area contributed by atoms with Crippen molar-refractivity contribution in [3.8, 4) is 11.3 Å². The van der Waals surface area contributed by atoms with Crippen molar-refractivity contribution < 1.29 is 4.79 Å². The molecule has 1 aromatic heterocycles. The number of aromatic nitrogens is 2. The van der Waals surface area contributed by atoms with Crippen molar-refractivity contribution >= 4 is 29.2 Å². The summed E-state index contributed by atoms with van der Waals surface area (Å²) in [5.41, 5.74) is 4.41. The van der Waals surface area contributed by atoms with Crippen molar-refractivity contribution in [1.29, 1.82) is 0 Å². The monoisotopic (exact) mass is 426 g/mol. The van der Waals surface area contributed by atoms with Crippen LogP contribution in [0.5, 0.6) is 0 Å². The number of hydrogen-bond acceptors (Lipinski definition) is 5. The van der Waals surface area contributed by atoms with Crippen molar-refractivity contribution in [3.63, 3.8) is 0 Å². The molecule has 0 saturated heterocycles. The lowest BCUT2D eigenvalue weighted by molar-refractivity contribution is 0.0951. The Balaban J connectivity index is 1.37. The number of benzene rings is 3. The first-order chi connectivity index (χ1) is 15.2. The number of carbonyl (C=O) groups excluding carboxylic acids is 1. The van der Waals surface area contributed by atoms with E-state index >= 15 is 0 Å². The smallest absolute Gasteiger partial charge is 0.251 e. The standard InChI is InChI=1S/C25H22N4OS/c1-31-22-13-7-18(8-14-22)16-26-25(30)20-9-11-21(12-10-20)29-24-15-23(27-17-28-24)19-5-3-2-4-6-19/h2-15,17H,16H2,1H3,(H,26,30)(H,27,28,29). The maximum absolute atomic E-state index is 12.5. The third kappa shape index (κ3) is 5.49. The second-order valence-electron chi connectivity index (χ2n) is 6.89. The van der Waals surface area contributed by atoms with Crippen LogP contribution < -0.4 is 10.6 Å². The zero-order valence-corrected chi connectivity index (χ0v) is 17.9. The zero-order valence-electron chi connectivity index (χ0n) is 17.1. The van der Waals surface area contributed by atoms with Gasteiger partial charge in [0.25, 0.3) is 5.91 Å². The minimum atomic E-state index is -0.103. The van der Waals surface area contributed by atoms with Crippen molar-refractivity contribution in [3.05, 3.63) is 102 Å². The number of hydrogen-bond donors (Lipinski definition) is 2. The number of carbonyl (C=O) groups is 1. The zero-order chi connectivity index (χ0) is 21.5. The van der Waals surface area contributed by atoms with Crippen LogP contribution in [0, 0.1) is 0 Å². The quantitative estimate of drug-likeness (QED) is 0.380. The highest BCUT2D eigenvalue weighted by molar-refractivity contribution is 7.98. The van der Waals surface area contributed by atoms with Crippen LogP contribution in [-0.4, -0.2) is 22.1 Å². The summed E-state index contributed by atoms with van der Waals surface area (Å²) in [7, 11) is 0. The van der Waals surface area contributed by atoms with E-state index in [0.29, 0.717) is 17.9 Å². The predicted molar refractivity (Wildman–Crippen MR) is 127 cm³/mol. The van der Waals surface area contributed by atoms with Crippen LogP contribution in [0.25, 0.3) is 11.3 Å². The third-order valence-electron chi connectivity index (χ3n) is 4.77. The number of anilines is 2. The van der Waals surface area contributed by atoms with Gasteiger partial charge in [0, 0.05) is 34.3 Å². The van der Waals surface area contributed by atoms with E-state index in [9.17, 15) is 4.79 Å². The van der Waals surface area contributed by atoms with Crippen LogP contribution in [0.1, 0.15) is 15.9 Å². The molecule has 2 N–H and O–H groups in total. The largest absolute Gasteiger partial charge is 0.348 e. The van der Waals surface area contributed by atoms with Gasteiger partial charge in [-0.25, -0.2) is 9.97 Å². The van der Waals surface area contributed by atoms with Gasteiger partial charge < -0.3 is 10.6 Å². The maximum atomic E-state index is 12.5. The van der Waals surface area contributed by atoms with Crippen molar-refractivity contribution in [2.75, 3.05) is 11.6 Å². The number of thioether (sulfide) groups is 1. The lowest BCUT2D eigenvalue weighted by Crippen LogP contribution is -2.22. The predicted octanol–water partition coefficient (Wildman–Crippen LogP) is 5.54. The van der Waals surface area contributed by atoms with E-state index in [-0.39, 0.29) is 5.91 Å². The topological polar surface area (TPSA) is 66.9 Å². The molecule has 0 aliphatic rings. The first-order valence-corrected chi connectivity index (χ1v) is 11.1. The maximum Gasteiger partial charge on any atom is 0.251 e. The fourth-order valence-corrected chi connectivity index (χ4v) is 3.48. The fraction of sp³-hybridized carbons (Fsp3) is 0.0800. The van der Waals surface area contributed by atoms with Crippen LogP contribution in [0.4, 0.5) is 11.5 Å². The van der Waals surface area contributed by atoms with Gasteiger partial charge in [0.05, 0.1) is 5.69 Å². The average molecular weight is 427 g/mol. The Morgan fingerprint density at radius 1 is 0.903 bits per heavy atom. The van der Waals surface area contributed by atoms with Gasteiger partial charge in [0.15, 0.2) is 0 Å². The fourth-order valence-electron chi connectivity index (χ4n) is 3.07. The summed E-state index contributed by atoms with van der Waals surface area (Å²) in [4.78, 5) is 22.3. The molecule has 1 heterocycles. The Hall–Kier alpha value is -3.64. The molecule has 0 aliphatic heterocycles. The molecule has 3 aromatic carbocycles. The third-order valence-corrected chi connectivity index (χ3v) is 5.51. The number of nitrogens with zero attached hydrogens (tertiary/aromatic N) is 2. The minimum Gasteiger partial charge on any atom is -0.348 e. The van der Waals surface area contributed by atoms with Gasteiger partial charge in [0.1, 0.15) is 12.1 Å². The summed E-state index contributed by atoms with van der Waals surface area (Å²) >= 11 is 1.70. The molecule has 31 heavy (non-hydrogen) atoms. The summed E-state index contributed by atoms with van der Waals surface area (Å²) in [5, 5.41) is 6.22. The van der Waals surface area contributed by atoms with Crippen LogP contribution in [0.3, 0.4) is 0 Å². The summed E-state index contributed by atoms with van der Waals surface area (Å²) in [6.07, 6.45) is 3.58. The molecule has 4 aromatic rings. The number of rotatable bonds is 7. The Labute approximate surface area is 186 Å². The molecule has 0 fully saturated rings. The van der Waals surface area contributed by atoms with Crippen molar-refractivity contribution in [2.24, 2.45) is 0 Å². The summed E-state index contributed by atoms with van der Waals surface area (Å²) in [5.74, 6) is 0.591. The Morgan fingerprint density at radius 3 is 2.35 bits per heavy atom. The lowest BCUT2D eigenvalue weighted by atomic mass is 10.1. The molecule has 0 radical (unpaired) electrons. The van der Waals surface area contributed by atoms with Gasteiger partial charge in [-0.05, 0) is 48.2 Å². The molecule has 0 bridgehead atoms. The highest BCUT2D eigenvalue weighted by atomic mass is 32.2. The average Bonchev–Trinajstić information content (AvgIpc) is 2.84. The summed E-state index contributed by atoms with van der Waals surface area (Å²) in [6.45, 7) is 0.497. The van der Waals surface area contributed by atoms with E-state index < -0.39 is 0 Å². The van der Waals surface area contributed by atoms with Gasteiger partial charge in [-0.1, -0.05) is 42.5 Å². The van der Waals surface area contributed by atoms with Gasteiger partial charge in [-0.3, -0.25) is 4.79 Å². The molecule has 0 unspecified atom stereocenters.